The van der Waals surface area contributed by atoms with Crippen LogP contribution in [0.1, 0.15) is 20.8 Å². The van der Waals surface area contributed by atoms with Crippen molar-refractivity contribution in [2.45, 2.75) is 26.8 Å². The summed E-state index contributed by atoms with van der Waals surface area (Å²) in [6, 6.07) is 3.97. The molecule has 2 aromatic rings. The monoisotopic (exact) mass is 419 g/mol. The first kappa shape index (κ1) is 23.1. The van der Waals surface area contributed by atoms with Gasteiger partial charge < -0.3 is 29.5 Å². The molecule has 0 radical (unpaired) electrons. The van der Waals surface area contributed by atoms with Gasteiger partial charge in [0.2, 0.25) is 0 Å². The van der Waals surface area contributed by atoms with Gasteiger partial charge in [0, 0.05) is 51.2 Å². The van der Waals surface area contributed by atoms with E-state index < -0.39 is 5.97 Å². The quantitative estimate of drug-likeness (QED) is 0.611. The highest BCUT2D eigenvalue weighted by molar-refractivity contribution is 5.63. The minimum absolute atomic E-state index is 0.336. The number of ether oxygens (including phenoxy) is 3. The van der Waals surface area contributed by atoms with Crippen LogP contribution in [-0.4, -0.2) is 71.5 Å². The number of carbonyl (C=O) groups is 1. The van der Waals surface area contributed by atoms with Crippen LogP contribution in [0.15, 0.2) is 30.7 Å². The number of aliphatic carboxylic acids is 1. The molecular weight excluding hydrogens is 390 g/mol. The topological polar surface area (TPSA) is 119 Å². The standard InChI is InChI=1S/C18H25N5O3.C2H4O2/c1-3-24-17-15(5-4-6-21-17)25-11-12-26-18-16(20-7-8-22-18)23-10-9-19-13-14(23)2;1-2(3)4/h4-8,14,19H,3,9-13H2,1-2H3;1H3,(H,3,4)/t14-;/m1./s1. The van der Waals surface area contributed by atoms with Crippen molar-refractivity contribution in [2.24, 2.45) is 0 Å². The zero-order chi connectivity index (χ0) is 21.8. The van der Waals surface area contributed by atoms with Gasteiger partial charge in [0.25, 0.3) is 17.7 Å². The number of piperazine rings is 1. The third kappa shape index (κ3) is 7.36. The number of aromatic nitrogens is 3. The van der Waals surface area contributed by atoms with Gasteiger partial charge in [0.05, 0.1) is 6.61 Å². The molecule has 1 atom stereocenters. The van der Waals surface area contributed by atoms with Gasteiger partial charge in [0.15, 0.2) is 11.6 Å². The number of pyridine rings is 1. The van der Waals surface area contributed by atoms with Gasteiger partial charge >= 0.3 is 0 Å². The number of carboxylic acid groups (broad SMARTS) is 1. The summed E-state index contributed by atoms with van der Waals surface area (Å²) in [4.78, 5) is 24.2. The van der Waals surface area contributed by atoms with Gasteiger partial charge in [-0.15, -0.1) is 0 Å². The molecule has 0 spiro atoms. The Kier molecular flexibility index (Phi) is 9.59. The van der Waals surface area contributed by atoms with E-state index in [-0.39, 0.29) is 0 Å². The van der Waals surface area contributed by atoms with Crippen molar-refractivity contribution < 1.29 is 24.1 Å². The Morgan fingerprint density at radius 3 is 2.60 bits per heavy atom. The molecule has 1 aliphatic rings. The Morgan fingerprint density at radius 2 is 1.87 bits per heavy atom. The van der Waals surface area contributed by atoms with E-state index in [1.54, 1.807) is 18.6 Å². The number of rotatable bonds is 8. The van der Waals surface area contributed by atoms with Crippen molar-refractivity contribution in [1.82, 2.24) is 20.3 Å². The summed E-state index contributed by atoms with van der Waals surface area (Å²) in [5.41, 5.74) is 0. The average molecular weight is 419 g/mol. The summed E-state index contributed by atoms with van der Waals surface area (Å²) in [6.45, 7) is 9.12. The van der Waals surface area contributed by atoms with Crippen LogP contribution in [0.4, 0.5) is 5.82 Å². The van der Waals surface area contributed by atoms with Gasteiger partial charge in [-0.3, -0.25) is 4.79 Å². The molecule has 164 valence electrons. The van der Waals surface area contributed by atoms with Crippen molar-refractivity contribution >= 4 is 11.8 Å². The second-order valence-corrected chi connectivity index (χ2v) is 6.39. The minimum Gasteiger partial charge on any atom is -0.484 e. The lowest BCUT2D eigenvalue weighted by Crippen LogP contribution is -2.50. The fourth-order valence-corrected chi connectivity index (χ4v) is 2.79. The Bertz CT molecular complexity index is 788. The Hall–Kier alpha value is -3.14. The maximum atomic E-state index is 9.00. The minimum atomic E-state index is -0.833. The highest BCUT2D eigenvalue weighted by Gasteiger charge is 2.23. The number of nitrogens with one attached hydrogen (secondary N) is 1. The first-order valence-corrected chi connectivity index (χ1v) is 9.84. The normalized spacial score (nSPS) is 15.6. The van der Waals surface area contributed by atoms with Gasteiger partial charge in [-0.25, -0.2) is 15.0 Å². The Morgan fingerprint density at radius 1 is 1.17 bits per heavy atom. The number of carboxylic acids is 1. The van der Waals surface area contributed by atoms with Crippen LogP contribution >= 0.6 is 0 Å². The van der Waals surface area contributed by atoms with E-state index in [2.05, 4.69) is 32.1 Å². The molecule has 0 unspecified atom stereocenters. The molecule has 0 amide bonds. The predicted octanol–water partition coefficient (Wildman–Crippen LogP) is 1.62. The van der Waals surface area contributed by atoms with Crippen LogP contribution in [0.5, 0.6) is 17.5 Å². The molecule has 30 heavy (non-hydrogen) atoms. The molecule has 3 rings (SSSR count). The van der Waals surface area contributed by atoms with Crippen molar-refractivity contribution in [3.8, 4) is 17.5 Å². The molecule has 1 aliphatic heterocycles. The molecule has 2 N–H and O–H groups in total. The number of anilines is 1. The van der Waals surface area contributed by atoms with Crippen LogP contribution in [0, 0.1) is 0 Å². The summed E-state index contributed by atoms with van der Waals surface area (Å²) >= 11 is 0. The van der Waals surface area contributed by atoms with Gasteiger partial charge in [-0.1, -0.05) is 0 Å². The largest absolute Gasteiger partial charge is 0.484 e. The van der Waals surface area contributed by atoms with E-state index in [0.29, 0.717) is 43.4 Å². The van der Waals surface area contributed by atoms with E-state index in [0.717, 1.165) is 32.4 Å². The van der Waals surface area contributed by atoms with Crippen molar-refractivity contribution in [1.29, 1.82) is 0 Å². The van der Waals surface area contributed by atoms with Crippen LogP contribution < -0.4 is 24.4 Å². The average Bonchev–Trinajstić information content (AvgIpc) is 2.73. The second-order valence-electron chi connectivity index (χ2n) is 6.39. The molecule has 1 saturated heterocycles. The fourth-order valence-electron chi connectivity index (χ4n) is 2.79. The lowest BCUT2D eigenvalue weighted by molar-refractivity contribution is -0.134. The number of nitrogens with zero attached hydrogens (tertiary/aromatic N) is 4. The lowest BCUT2D eigenvalue weighted by atomic mass is 10.2. The van der Waals surface area contributed by atoms with Crippen LogP contribution in [0.2, 0.25) is 0 Å². The molecule has 10 heteroatoms. The Balaban J connectivity index is 0.000000735. The third-order valence-electron chi connectivity index (χ3n) is 4.02. The smallest absolute Gasteiger partial charge is 0.300 e. The molecule has 2 aromatic heterocycles. The van der Waals surface area contributed by atoms with Crippen LogP contribution in [0.25, 0.3) is 0 Å². The molecule has 0 bridgehead atoms. The molecule has 0 aliphatic carbocycles. The van der Waals surface area contributed by atoms with Crippen molar-refractivity contribution in [3.05, 3.63) is 30.7 Å². The van der Waals surface area contributed by atoms with E-state index >= 15 is 0 Å². The maximum absolute atomic E-state index is 9.00. The highest BCUT2D eigenvalue weighted by Crippen LogP contribution is 2.26. The molecule has 10 nitrogen and oxygen atoms in total. The molecule has 3 heterocycles. The van der Waals surface area contributed by atoms with Crippen LogP contribution in [0.3, 0.4) is 0 Å². The first-order chi connectivity index (χ1) is 14.5. The second kappa shape index (κ2) is 12.4. The van der Waals surface area contributed by atoms with Crippen molar-refractivity contribution in [2.75, 3.05) is 44.4 Å². The van der Waals surface area contributed by atoms with Gasteiger partial charge in [-0.2, -0.15) is 0 Å². The summed E-state index contributed by atoms with van der Waals surface area (Å²) in [5.74, 6) is 1.57. The molecule has 0 aromatic carbocycles. The van der Waals surface area contributed by atoms with E-state index in [9.17, 15) is 0 Å². The first-order valence-electron chi connectivity index (χ1n) is 9.84. The van der Waals surface area contributed by atoms with E-state index in [1.807, 2.05) is 19.1 Å². The van der Waals surface area contributed by atoms with Gasteiger partial charge in [-0.05, 0) is 26.0 Å². The summed E-state index contributed by atoms with van der Waals surface area (Å²) in [7, 11) is 0. The van der Waals surface area contributed by atoms with Crippen LogP contribution in [-0.2, 0) is 4.79 Å². The SMILES string of the molecule is CC(=O)O.CCOc1ncccc1OCCOc1nccnc1N1CCNC[C@H]1C. The predicted molar refractivity (Wildman–Crippen MR) is 111 cm³/mol. The molecular formula is C20H29N5O5. The highest BCUT2D eigenvalue weighted by atomic mass is 16.5. The van der Waals surface area contributed by atoms with Gasteiger partial charge in [0.1, 0.15) is 13.2 Å². The zero-order valence-electron chi connectivity index (χ0n) is 17.6. The maximum Gasteiger partial charge on any atom is 0.300 e. The third-order valence-corrected chi connectivity index (χ3v) is 4.02. The summed E-state index contributed by atoms with van der Waals surface area (Å²) in [5, 5.41) is 10.8. The van der Waals surface area contributed by atoms with Crippen molar-refractivity contribution in [3.63, 3.8) is 0 Å². The van der Waals surface area contributed by atoms with E-state index in [4.69, 9.17) is 24.1 Å². The molecule has 1 fully saturated rings. The lowest BCUT2D eigenvalue weighted by Gasteiger charge is -2.35. The van der Waals surface area contributed by atoms with E-state index in [1.165, 1.54) is 0 Å². The Labute approximate surface area is 176 Å². The fraction of sp³-hybridized carbons (Fsp3) is 0.500. The zero-order valence-corrected chi connectivity index (χ0v) is 17.6. The summed E-state index contributed by atoms with van der Waals surface area (Å²) in [6.07, 6.45) is 5.01. The summed E-state index contributed by atoms with van der Waals surface area (Å²) < 4.78 is 17.0. The number of hydrogen-bond acceptors (Lipinski definition) is 9. The molecule has 0 saturated carbocycles. The number of hydrogen-bond donors (Lipinski definition) is 2.